The minimum atomic E-state index is -0.197. The van der Waals surface area contributed by atoms with Gasteiger partial charge in [-0.1, -0.05) is 29.8 Å². The van der Waals surface area contributed by atoms with Gasteiger partial charge < -0.3 is 0 Å². The molecule has 19 heavy (non-hydrogen) atoms. The van der Waals surface area contributed by atoms with E-state index < -0.39 is 0 Å². The van der Waals surface area contributed by atoms with Gasteiger partial charge in [-0.15, -0.1) is 0 Å². The number of benzene rings is 1. The van der Waals surface area contributed by atoms with Crippen molar-refractivity contribution in [1.82, 2.24) is 0 Å². The molecule has 1 heterocycles. The molecule has 1 aliphatic carbocycles. The Labute approximate surface area is 116 Å². The molecular formula is C15H14ClNO2. The molecule has 2 amide bonds. The fourth-order valence-corrected chi connectivity index (χ4v) is 2.95. The van der Waals surface area contributed by atoms with Gasteiger partial charge in [-0.25, -0.2) is 4.90 Å². The molecule has 3 rings (SSSR count). The molecule has 98 valence electrons. The van der Waals surface area contributed by atoms with Crippen molar-refractivity contribution in [2.75, 3.05) is 4.90 Å². The topological polar surface area (TPSA) is 37.4 Å². The number of carbonyl (C=O) groups is 2. The molecule has 2 atom stereocenters. The molecule has 4 heteroatoms. The first kappa shape index (κ1) is 12.4. The van der Waals surface area contributed by atoms with Crippen LogP contribution in [0.4, 0.5) is 5.69 Å². The average Bonchev–Trinajstić information content (AvgIpc) is 2.66. The number of imide groups is 1. The van der Waals surface area contributed by atoms with Crippen LogP contribution in [0.25, 0.3) is 0 Å². The van der Waals surface area contributed by atoms with Gasteiger partial charge in [-0.05, 0) is 37.5 Å². The first-order valence-corrected chi connectivity index (χ1v) is 6.76. The predicted octanol–water partition coefficient (Wildman–Crippen LogP) is 3.10. The van der Waals surface area contributed by atoms with Crippen LogP contribution in [0, 0.1) is 18.8 Å². The fraction of sp³-hybridized carbons (Fsp3) is 0.333. The summed E-state index contributed by atoms with van der Waals surface area (Å²) in [5.74, 6) is -0.589. The number of hydrogen-bond acceptors (Lipinski definition) is 2. The number of aryl methyl sites for hydroxylation is 1. The number of anilines is 1. The van der Waals surface area contributed by atoms with Crippen molar-refractivity contribution in [3.05, 3.63) is 40.9 Å². The largest absolute Gasteiger partial charge is 0.274 e. The second kappa shape index (κ2) is 4.49. The summed E-state index contributed by atoms with van der Waals surface area (Å²) in [5, 5.41) is 0.575. The first-order valence-electron chi connectivity index (χ1n) is 6.38. The van der Waals surface area contributed by atoms with Crippen LogP contribution in [-0.2, 0) is 9.59 Å². The van der Waals surface area contributed by atoms with Crippen LogP contribution in [-0.4, -0.2) is 11.8 Å². The molecule has 0 saturated carbocycles. The third-order valence-electron chi connectivity index (χ3n) is 3.92. The Morgan fingerprint density at radius 1 is 1.11 bits per heavy atom. The normalized spacial score (nSPS) is 25.9. The zero-order valence-corrected chi connectivity index (χ0v) is 11.4. The van der Waals surface area contributed by atoms with Crippen molar-refractivity contribution in [2.45, 2.75) is 19.8 Å². The van der Waals surface area contributed by atoms with E-state index >= 15 is 0 Å². The Balaban J connectivity index is 1.99. The van der Waals surface area contributed by atoms with E-state index in [1.54, 1.807) is 12.1 Å². The van der Waals surface area contributed by atoms with Gasteiger partial charge in [0.15, 0.2) is 0 Å². The number of allylic oxidation sites excluding steroid dienone is 2. The lowest BCUT2D eigenvalue weighted by molar-refractivity contribution is -0.122. The summed E-state index contributed by atoms with van der Waals surface area (Å²) in [6.45, 7) is 1.89. The molecule has 1 aliphatic heterocycles. The Kier molecular flexibility index (Phi) is 2.94. The minimum absolute atomic E-state index is 0.0979. The number of fused-ring (bicyclic) bond motifs is 1. The molecule has 0 bridgehead atoms. The minimum Gasteiger partial charge on any atom is -0.274 e. The lowest BCUT2D eigenvalue weighted by atomic mass is 9.85. The molecule has 1 aromatic rings. The molecule has 2 unspecified atom stereocenters. The molecule has 1 aromatic carbocycles. The molecule has 1 fully saturated rings. The molecule has 1 saturated heterocycles. The van der Waals surface area contributed by atoms with Gasteiger partial charge in [-0.2, -0.15) is 0 Å². The quantitative estimate of drug-likeness (QED) is 0.583. The maximum absolute atomic E-state index is 12.4. The van der Waals surface area contributed by atoms with Gasteiger partial charge >= 0.3 is 0 Å². The summed E-state index contributed by atoms with van der Waals surface area (Å²) < 4.78 is 0. The lowest BCUT2D eigenvalue weighted by Gasteiger charge is -2.15. The van der Waals surface area contributed by atoms with Gasteiger partial charge in [0.2, 0.25) is 11.8 Å². The highest BCUT2D eigenvalue weighted by Crippen LogP contribution is 2.38. The van der Waals surface area contributed by atoms with Crippen molar-refractivity contribution < 1.29 is 9.59 Å². The maximum Gasteiger partial charge on any atom is 0.238 e. The number of halogens is 1. The van der Waals surface area contributed by atoms with Crippen LogP contribution >= 0.6 is 11.6 Å². The van der Waals surface area contributed by atoms with Gasteiger partial charge in [0, 0.05) is 5.02 Å². The van der Waals surface area contributed by atoms with E-state index in [1.807, 2.05) is 25.1 Å². The highest BCUT2D eigenvalue weighted by Gasteiger charge is 2.47. The van der Waals surface area contributed by atoms with Crippen LogP contribution in [0.15, 0.2) is 30.4 Å². The standard InChI is InChI=1S/C15H14ClNO2/c1-9-6-7-10(8-13(9)16)17-14(18)11-4-2-3-5-12(11)15(17)19/h2-3,6-8,11-12H,4-5H2,1H3. The van der Waals surface area contributed by atoms with E-state index in [1.165, 1.54) is 4.90 Å². The Bertz CT molecular complexity index is 568. The summed E-state index contributed by atoms with van der Waals surface area (Å²) in [5.41, 5.74) is 1.52. The third kappa shape index (κ3) is 1.89. The second-order valence-electron chi connectivity index (χ2n) is 5.10. The van der Waals surface area contributed by atoms with Crippen LogP contribution in [0.2, 0.25) is 5.02 Å². The van der Waals surface area contributed by atoms with Crippen molar-refractivity contribution in [3.63, 3.8) is 0 Å². The number of amides is 2. The number of carbonyl (C=O) groups excluding carboxylic acids is 2. The second-order valence-corrected chi connectivity index (χ2v) is 5.51. The highest BCUT2D eigenvalue weighted by molar-refractivity contribution is 6.32. The summed E-state index contributed by atoms with van der Waals surface area (Å²) in [4.78, 5) is 26.0. The van der Waals surface area contributed by atoms with Crippen molar-refractivity contribution in [2.24, 2.45) is 11.8 Å². The number of hydrogen-bond donors (Lipinski definition) is 0. The molecule has 0 spiro atoms. The number of nitrogens with zero attached hydrogens (tertiary/aromatic N) is 1. The van der Waals surface area contributed by atoms with Crippen LogP contribution in [0.3, 0.4) is 0 Å². The molecular weight excluding hydrogens is 262 g/mol. The first-order chi connectivity index (χ1) is 9.09. The summed E-state index contributed by atoms with van der Waals surface area (Å²) in [7, 11) is 0. The van der Waals surface area contributed by atoms with E-state index in [2.05, 4.69) is 0 Å². The number of rotatable bonds is 1. The van der Waals surface area contributed by atoms with E-state index in [4.69, 9.17) is 11.6 Å². The Morgan fingerprint density at radius 3 is 2.21 bits per heavy atom. The Hall–Kier alpha value is -1.61. The van der Waals surface area contributed by atoms with Gasteiger partial charge in [0.05, 0.1) is 17.5 Å². The van der Waals surface area contributed by atoms with Gasteiger partial charge in [0.1, 0.15) is 0 Å². The summed E-state index contributed by atoms with van der Waals surface area (Å²) in [6, 6.07) is 5.30. The van der Waals surface area contributed by atoms with Crippen LogP contribution in [0.5, 0.6) is 0 Å². The maximum atomic E-state index is 12.4. The van der Waals surface area contributed by atoms with Crippen LogP contribution < -0.4 is 4.90 Å². The molecule has 0 aromatic heterocycles. The van der Waals surface area contributed by atoms with E-state index in [0.29, 0.717) is 23.6 Å². The van der Waals surface area contributed by atoms with E-state index in [9.17, 15) is 9.59 Å². The average molecular weight is 276 g/mol. The van der Waals surface area contributed by atoms with Gasteiger partial charge in [0.25, 0.3) is 0 Å². The highest BCUT2D eigenvalue weighted by atomic mass is 35.5. The van der Waals surface area contributed by atoms with Crippen molar-refractivity contribution in [1.29, 1.82) is 0 Å². The smallest absolute Gasteiger partial charge is 0.238 e. The summed E-state index contributed by atoms with van der Waals surface area (Å²) in [6.07, 6.45) is 5.28. The Morgan fingerprint density at radius 2 is 1.68 bits per heavy atom. The summed E-state index contributed by atoms with van der Waals surface area (Å²) >= 11 is 6.08. The predicted molar refractivity (Wildman–Crippen MR) is 74.0 cm³/mol. The molecule has 0 N–H and O–H groups in total. The van der Waals surface area contributed by atoms with E-state index in [-0.39, 0.29) is 23.7 Å². The van der Waals surface area contributed by atoms with Gasteiger partial charge in [-0.3, -0.25) is 9.59 Å². The molecule has 0 radical (unpaired) electrons. The third-order valence-corrected chi connectivity index (χ3v) is 4.33. The van der Waals surface area contributed by atoms with Crippen molar-refractivity contribution in [3.8, 4) is 0 Å². The fourth-order valence-electron chi connectivity index (χ4n) is 2.78. The zero-order valence-electron chi connectivity index (χ0n) is 10.6. The van der Waals surface area contributed by atoms with E-state index in [0.717, 1.165) is 5.56 Å². The monoisotopic (exact) mass is 275 g/mol. The SMILES string of the molecule is Cc1ccc(N2C(=O)C3CC=CCC3C2=O)cc1Cl. The van der Waals surface area contributed by atoms with Crippen LogP contribution in [0.1, 0.15) is 18.4 Å². The molecule has 2 aliphatic rings. The molecule has 3 nitrogen and oxygen atoms in total. The zero-order chi connectivity index (χ0) is 13.6. The lowest BCUT2D eigenvalue weighted by Crippen LogP contribution is -2.30. The van der Waals surface area contributed by atoms with Crippen molar-refractivity contribution >= 4 is 29.1 Å².